The number of hydrogen-bond donors (Lipinski definition) is 3. The molecule has 160 valence electrons. The van der Waals surface area contributed by atoms with Crippen LogP contribution in [0.5, 0.6) is 0 Å². The first-order valence-electron chi connectivity index (χ1n) is 10.6. The van der Waals surface area contributed by atoms with E-state index >= 15 is 0 Å². The maximum atomic E-state index is 12.4. The number of nitrogens with one attached hydrogen (secondary N) is 3. The Balaban J connectivity index is 1.17. The van der Waals surface area contributed by atoms with Crippen molar-refractivity contribution in [3.63, 3.8) is 0 Å². The van der Waals surface area contributed by atoms with Crippen molar-refractivity contribution in [2.24, 2.45) is 5.10 Å². The number of amidine groups is 1. The number of rotatable bonds is 5. The van der Waals surface area contributed by atoms with E-state index in [9.17, 15) is 4.79 Å². The van der Waals surface area contributed by atoms with Gasteiger partial charge < -0.3 is 15.2 Å². The van der Waals surface area contributed by atoms with Crippen LogP contribution in [0.25, 0.3) is 0 Å². The largest absolute Gasteiger partial charge is 0.325 e. The summed E-state index contributed by atoms with van der Waals surface area (Å²) < 4.78 is 0. The lowest BCUT2D eigenvalue weighted by molar-refractivity contribution is -0.113. The summed E-state index contributed by atoms with van der Waals surface area (Å²) in [4.78, 5) is 14.6. The second kappa shape index (κ2) is 8.64. The molecule has 31 heavy (non-hydrogen) atoms. The van der Waals surface area contributed by atoms with Gasteiger partial charge in [0, 0.05) is 18.1 Å². The smallest absolute Gasteiger partial charge is 0.234 e. The second-order valence-electron chi connectivity index (χ2n) is 7.87. The normalized spacial score (nSPS) is 23.8. The summed E-state index contributed by atoms with van der Waals surface area (Å²) in [6.45, 7) is 2.10. The highest BCUT2D eigenvalue weighted by Gasteiger charge is 2.44. The average molecular weight is 435 g/mol. The van der Waals surface area contributed by atoms with Crippen LogP contribution in [-0.4, -0.2) is 38.9 Å². The third-order valence-corrected chi connectivity index (χ3v) is 6.82. The maximum absolute atomic E-state index is 12.4. The summed E-state index contributed by atoms with van der Waals surface area (Å²) in [6.07, 6.45) is 6.06. The molecule has 8 heteroatoms. The average Bonchev–Trinajstić information content (AvgIpc) is 3.42. The molecule has 2 aromatic carbocycles. The molecule has 1 fully saturated rings. The van der Waals surface area contributed by atoms with Crippen molar-refractivity contribution in [1.82, 2.24) is 20.8 Å². The minimum atomic E-state index is -0.0290. The molecule has 3 aliphatic rings. The lowest BCUT2D eigenvalue weighted by Gasteiger charge is -2.36. The lowest BCUT2D eigenvalue weighted by atomic mass is 10.00. The van der Waals surface area contributed by atoms with Gasteiger partial charge in [0.2, 0.25) is 5.91 Å². The molecule has 5 rings (SSSR count). The van der Waals surface area contributed by atoms with Gasteiger partial charge in [-0.3, -0.25) is 10.2 Å². The monoisotopic (exact) mass is 434 g/mol. The van der Waals surface area contributed by atoms with Crippen molar-refractivity contribution in [3.8, 4) is 0 Å². The lowest BCUT2D eigenvalue weighted by Crippen LogP contribution is -2.54. The molecule has 2 aromatic rings. The molecule has 0 aliphatic carbocycles. The topological polar surface area (TPSA) is 72.0 Å². The summed E-state index contributed by atoms with van der Waals surface area (Å²) in [5.41, 5.74) is 10.2. The van der Waals surface area contributed by atoms with Gasteiger partial charge in [-0.2, -0.15) is 5.10 Å². The van der Waals surface area contributed by atoms with E-state index in [2.05, 4.69) is 74.6 Å². The maximum Gasteiger partial charge on any atom is 0.234 e. The van der Waals surface area contributed by atoms with Gasteiger partial charge in [0.1, 0.15) is 6.17 Å². The number of carbonyl (C=O) groups is 1. The second-order valence-corrected chi connectivity index (χ2v) is 8.81. The predicted molar refractivity (Wildman–Crippen MR) is 125 cm³/mol. The molecule has 3 atom stereocenters. The summed E-state index contributed by atoms with van der Waals surface area (Å²) in [7, 11) is 0. The highest BCUT2D eigenvalue weighted by molar-refractivity contribution is 8.14. The number of hydrazone groups is 1. The minimum Gasteiger partial charge on any atom is -0.325 e. The number of nitrogens with zero attached hydrogens (tertiary/aromatic N) is 3. The van der Waals surface area contributed by atoms with Crippen LogP contribution < -0.4 is 16.2 Å². The van der Waals surface area contributed by atoms with E-state index in [0.29, 0.717) is 5.75 Å². The Morgan fingerprint density at radius 1 is 1.19 bits per heavy atom. The van der Waals surface area contributed by atoms with Crippen LogP contribution in [0.15, 0.2) is 72.1 Å². The van der Waals surface area contributed by atoms with E-state index < -0.39 is 0 Å². The van der Waals surface area contributed by atoms with Crippen LogP contribution in [0.4, 0.5) is 5.69 Å². The van der Waals surface area contributed by atoms with E-state index in [1.165, 1.54) is 22.9 Å². The van der Waals surface area contributed by atoms with Crippen molar-refractivity contribution >= 4 is 28.5 Å². The van der Waals surface area contributed by atoms with Crippen LogP contribution >= 0.6 is 11.8 Å². The molecule has 1 saturated heterocycles. The van der Waals surface area contributed by atoms with Gasteiger partial charge in [0.25, 0.3) is 0 Å². The third-order valence-electron chi connectivity index (χ3n) is 5.86. The van der Waals surface area contributed by atoms with Gasteiger partial charge in [-0.25, -0.2) is 5.43 Å². The molecule has 0 aromatic heterocycles. The van der Waals surface area contributed by atoms with Crippen LogP contribution in [0.3, 0.4) is 0 Å². The predicted octanol–water partition coefficient (Wildman–Crippen LogP) is 3.23. The molecule has 0 radical (unpaired) electrons. The first kappa shape index (κ1) is 20.0. The molecule has 0 bridgehead atoms. The highest BCUT2D eigenvalue weighted by atomic mass is 32.2. The molecule has 7 nitrogen and oxygen atoms in total. The first-order chi connectivity index (χ1) is 15.2. The zero-order chi connectivity index (χ0) is 21.2. The van der Waals surface area contributed by atoms with Gasteiger partial charge in [-0.15, -0.1) is 0 Å². The number of hydrazine groups is 1. The van der Waals surface area contributed by atoms with E-state index in [4.69, 9.17) is 0 Å². The fraction of sp³-hybridized carbons (Fsp3) is 0.304. The van der Waals surface area contributed by atoms with Gasteiger partial charge in [0.05, 0.1) is 17.8 Å². The van der Waals surface area contributed by atoms with Crippen molar-refractivity contribution in [2.75, 3.05) is 11.1 Å². The van der Waals surface area contributed by atoms with Gasteiger partial charge in [0.15, 0.2) is 5.17 Å². The number of hydrogen-bond acceptors (Lipinski definition) is 7. The van der Waals surface area contributed by atoms with Crippen molar-refractivity contribution in [2.45, 2.75) is 38.0 Å². The standard InChI is InChI=1S/C23H26N6OS/c1-2-16-7-6-10-18(13-16)24-21(30)15-31-23-26-25-22-20-14-19(17-8-4-3-5-9-17)27-29(20)12-11-28(22)23/h3-13,19-20,22,25,27H,2,14-15H2,1H3,(H,24,30). The quantitative estimate of drug-likeness (QED) is 0.671. The number of benzene rings is 2. The Kier molecular flexibility index (Phi) is 5.57. The van der Waals surface area contributed by atoms with Gasteiger partial charge >= 0.3 is 0 Å². The Hall–Kier alpha value is -2.97. The molecule has 3 unspecified atom stereocenters. The van der Waals surface area contributed by atoms with E-state index in [1.54, 1.807) is 0 Å². The van der Waals surface area contributed by atoms with Crippen molar-refractivity contribution < 1.29 is 4.79 Å². The van der Waals surface area contributed by atoms with Gasteiger partial charge in [-0.1, -0.05) is 61.2 Å². The highest BCUT2D eigenvalue weighted by Crippen LogP contribution is 2.35. The fourth-order valence-electron chi connectivity index (χ4n) is 4.25. The number of fused-ring (bicyclic) bond motifs is 3. The number of aryl methyl sites for hydroxylation is 1. The number of thioether (sulfide) groups is 1. The summed E-state index contributed by atoms with van der Waals surface area (Å²) in [5.74, 6) is 0.284. The zero-order valence-corrected chi connectivity index (χ0v) is 18.2. The van der Waals surface area contributed by atoms with Crippen LogP contribution in [-0.2, 0) is 11.2 Å². The number of anilines is 1. The molecule has 0 spiro atoms. The van der Waals surface area contributed by atoms with Gasteiger partial charge in [-0.05, 0) is 36.1 Å². The summed E-state index contributed by atoms with van der Waals surface area (Å²) in [6, 6.07) is 19.0. The molecule has 3 N–H and O–H groups in total. The van der Waals surface area contributed by atoms with Crippen LogP contribution in [0.1, 0.15) is 30.5 Å². The molecular weight excluding hydrogens is 408 g/mol. The first-order valence-corrected chi connectivity index (χ1v) is 11.6. The fourth-order valence-corrected chi connectivity index (χ4v) is 5.02. The van der Waals surface area contributed by atoms with Crippen molar-refractivity contribution in [1.29, 1.82) is 0 Å². The number of carbonyl (C=O) groups excluding carboxylic acids is 1. The summed E-state index contributed by atoms with van der Waals surface area (Å²) >= 11 is 1.45. The Labute approximate surface area is 186 Å². The Bertz CT molecular complexity index is 1010. The third kappa shape index (κ3) is 4.13. The van der Waals surface area contributed by atoms with Crippen LogP contribution in [0.2, 0.25) is 0 Å². The zero-order valence-electron chi connectivity index (χ0n) is 17.4. The Morgan fingerprint density at radius 3 is 2.90 bits per heavy atom. The van der Waals surface area contributed by atoms with E-state index in [0.717, 1.165) is 23.7 Å². The molecule has 3 heterocycles. The van der Waals surface area contributed by atoms with Crippen molar-refractivity contribution in [3.05, 3.63) is 78.1 Å². The Morgan fingerprint density at radius 2 is 2.06 bits per heavy atom. The summed E-state index contributed by atoms with van der Waals surface area (Å²) in [5, 5.41) is 10.5. The molecule has 0 saturated carbocycles. The van der Waals surface area contributed by atoms with E-state index in [-0.39, 0.29) is 24.2 Å². The van der Waals surface area contributed by atoms with E-state index in [1.807, 2.05) is 30.5 Å². The molecule has 3 aliphatic heterocycles. The molecule has 1 amide bonds. The SMILES string of the molecule is CCc1cccc(NC(=O)CSC2=NNC3C4CC(c5ccccc5)NN4C=CN23)c1. The van der Waals surface area contributed by atoms with Crippen LogP contribution in [0, 0.1) is 0 Å². The molecular formula is C23H26N6OS. The minimum absolute atomic E-state index is 0.0290. The number of amides is 1.